The Hall–Kier alpha value is -1.06. The normalized spacial score (nSPS) is 25.9. The number of carbonyl (C=O) groups is 1. The summed E-state index contributed by atoms with van der Waals surface area (Å²) in [7, 11) is 0. The number of rotatable bonds is 3. The zero-order valence-corrected chi connectivity index (χ0v) is 14.3. The molecule has 3 rings (SSSR count). The van der Waals surface area contributed by atoms with Crippen molar-refractivity contribution in [2.75, 3.05) is 13.1 Å². The Morgan fingerprint density at radius 2 is 2.09 bits per heavy atom. The SMILES string of the molecule is CC1(C)CCC(CNC(=O)C2CCCN2)c2ccccc21.Cl. The van der Waals surface area contributed by atoms with E-state index >= 15 is 0 Å². The lowest BCUT2D eigenvalue weighted by atomic mass is 9.69. The summed E-state index contributed by atoms with van der Waals surface area (Å²) < 4.78 is 0. The van der Waals surface area contributed by atoms with Crippen LogP contribution in [0.15, 0.2) is 24.3 Å². The van der Waals surface area contributed by atoms with E-state index in [1.54, 1.807) is 0 Å². The van der Waals surface area contributed by atoms with Crippen molar-refractivity contribution >= 4 is 18.3 Å². The molecule has 4 heteroatoms. The molecule has 1 saturated heterocycles. The predicted octanol–water partition coefficient (Wildman–Crippen LogP) is 3.13. The highest BCUT2D eigenvalue weighted by atomic mass is 35.5. The molecule has 0 spiro atoms. The van der Waals surface area contributed by atoms with Crippen LogP contribution in [0.3, 0.4) is 0 Å². The van der Waals surface area contributed by atoms with E-state index in [2.05, 4.69) is 48.7 Å². The molecule has 1 aliphatic carbocycles. The fourth-order valence-electron chi connectivity index (χ4n) is 3.76. The van der Waals surface area contributed by atoms with Gasteiger partial charge in [0.2, 0.25) is 5.91 Å². The second-order valence-electron chi connectivity index (χ2n) is 7.10. The van der Waals surface area contributed by atoms with Crippen molar-refractivity contribution in [2.24, 2.45) is 0 Å². The van der Waals surface area contributed by atoms with Crippen LogP contribution in [-0.2, 0) is 10.2 Å². The van der Waals surface area contributed by atoms with Gasteiger partial charge in [-0.25, -0.2) is 0 Å². The first-order valence-electron chi connectivity index (χ1n) is 8.18. The van der Waals surface area contributed by atoms with E-state index < -0.39 is 0 Å². The highest BCUT2D eigenvalue weighted by Crippen LogP contribution is 2.42. The fourth-order valence-corrected chi connectivity index (χ4v) is 3.76. The van der Waals surface area contributed by atoms with Gasteiger partial charge in [-0.05, 0) is 48.8 Å². The Labute approximate surface area is 139 Å². The van der Waals surface area contributed by atoms with Crippen LogP contribution in [-0.4, -0.2) is 25.0 Å². The Balaban J connectivity index is 0.00000176. The van der Waals surface area contributed by atoms with Crippen LogP contribution in [0.1, 0.15) is 56.6 Å². The monoisotopic (exact) mass is 322 g/mol. The Morgan fingerprint density at radius 3 is 2.82 bits per heavy atom. The minimum atomic E-state index is 0. The maximum absolute atomic E-state index is 12.2. The summed E-state index contributed by atoms with van der Waals surface area (Å²) in [4.78, 5) is 12.2. The third-order valence-electron chi connectivity index (χ3n) is 5.15. The van der Waals surface area contributed by atoms with E-state index in [4.69, 9.17) is 0 Å². The van der Waals surface area contributed by atoms with Gasteiger partial charge in [0.05, 0.1) is 6.04 Å². The van der Waals surface area contributed by atoms with Gasteiger partial charge in [0.25, 0.3) is 0 Å². The van der Waals surface area contributed by atoms with Crippen molar-refractivity contribution in [2.45, 2.75) is 56.9 Å². The van der Waals surface area contributed by atoms with Crippen molar-refractivity contribution in [3.05, 3.63) is 35.4 Å². The molecule has 1 fully saturated rings. The van der Waals surface area contributed by atoms with Crippen molar-refractivity contribution in [1.29, 1.82) is 0 Å². The van der Waals surface area contributed by atoms with Gasteiger partial charge in [0, 0.05) is 12.5 Å². The van der Waals surface area contributed by atoms with Gasteiger partial charge in [-0.3, -0.25) is 4.79 Å². The topological polar surface area (TPSA) is 41.1 Å². The quantitative estimate of drug-likeness (QED) is 0.897. The predicted molar refractivity (Wildman–Crippen MR) is 92.7 cm³/mol. The maximum atomic E-state index is 12.2. The van der Waals surface area contributed by atoms with Gasteiger partial charge in [-0.15, -0.1) is 12.4 Å². The summed E-state index contributed by atoms with van der Waals surface area (Å²) in [5.74, 6) is 0.634. The highest BCUT2D eigenvalue weighted by molar-refractivity contribution is 5.85. The average molecular weight is 323 g/mol. The number of halogens is 1. The number of nitrogens with one attached hydrogen (secondary N) is 2. The van der Waals surface area contributed by atoms with Crippen LogP contribution in [0, 0.1) is 0 Å². The first-order chi connectivity index (χ1) is 10.1. The molecule has 1 amide bonds. The molecular formula is C18H27ClN2O. The summed E-state index contributed by atoms with van der Waals surface area (Å²) in [5, 5.41) is 6.43. The average Bonchev–Trinajstić information content (AvgIpc) is 3.01. The Bertz CT molecular complexity index is 524. The summed E-state index contributed by atoms with van der Waals surface area (Å²) in [6, 6.07) is 8.76. The molecule has 122 valence electrons. The van der Waals surface area contributed by atoms with Crippen LogP contribution in [0.4, 0.5) is 0 Å². The van der Waals surface area contributed by atoms with Gasteiger partial charge in [-0.1, -0.05) is 38.1 Å². The van der Waals surface area contributed by atoms with E-state index in [0.29, 0.717) is 5.92 Å². The van der Waals surface area contributed by atoms with E-state index in [-0.39, 0.29) is 29.8 Å². The molecule has 1 aromatic rings. The highest BCUT2D eigenvalue weighted by Gasteiger charge is 2.32. The number of benzene rings is 1. The van der Waals surface area contributed by atoms with Crippen molar-refractivity contribution in [1.82, 2.24) is 10.6 Å². The number of amides is 1. The van der Waals surface area contributed by atoms with Gasteiger partial charge in [-0.2, -0.15) is 0 Å². The van der Waals surface area contributed by atoms with Gasteiger partial charge in [0.1, 0.15) is 0 Å². The van der Waals surface area contributed by atoms with Crippen LogP contribution in [0.2, 0.25) is 0 Å². The molecule has 2 N–H and O–H groups in total. The number of hydrogen-bond acceptors (Lipinski definition) is 2. The van der Waals surface area contributed by atoms with E-state index in [0.717, 1.165) is 32.4 Å². The second-order valence-corrected chi connectivity index (χ2v) is 7.10. The van der Waals surface area contributed by atoms with E-state index in [9.17, 15) is 4.79 Å². The molecule has 1 heterocycles. The standard InChI is InChI=1S/C18H26N2O.ClH/c1-18(2)10-9-13(14-6-3-4-7-15(14)18)12-20-17(21)16-8-5-11-19-16;/h3-4,6-7,13,16,19H,5,8-12H2,1-2H3,(H,20,21);1H. The molecule has 22 heavy (non-hydrogen) atoms. The van der Waals surface area contributed by atoms with Crippen LogP contribution in [0.25, 0.3) is 0 Å². The summed E-state index contributed by atoms with van der Waals surface area (Å²) in [5.41, 5.74) is 3.13. The van der Waals surface area contributed by atoms with Crippen LogP contribution < -0.4 is 10.6 Å². The lowest BCUT2D eigenvalue weighted by Crippen LogP contribution is -2.42. The van der Waals surface area contributed by atoms with Crippen molar-refractivity contribution in [3.8, 4) is 0 Å². The third-order valence-corrected chi connectivity index (χ3v) is 5.15. The van der Waals surface area contributed by atoms with E-state index in [1.165, 1.54) is 17.5 Å². The maximum Gasteiger partial charge on any atom is 0.237 e. The van der Waals surface area contributed by atoms with Crippen LogP contribution in [0.5, 0.6) is 0 Å². The summed E-state index contributed by atoms with van der Waals surface area (Å²) in [6.45, 7) is 6.38. The molecule has 1 aliphatic heterocycles. The van der Waals surface area contributed by atoms with Gasteiger partial charge < -0.3 is 10.6 Å². The molecule has 3 nitrogen and oxygen atoms in total. The molecule has 2 atom stereocenters. The van der Waals surface area contributed by atoms with Crippen molar-refractivity contribution < 1.29 is 4.79 Å². The molecule has 1 aromatic carbocycles. The van der Waals surface area contributed by atoms with E-state index in [1.807, 2.05) is 0 Å². The summed E-state index contributed by atoms with van der Waals surface area (Å²) in [6.07, 6.45) is 4.42. The largest absolute Gasteiger partial charge is 0.354 e. The second kappa shape index (κ2) is 7.01. The first-order valence-corrected chi connectivity index (χ1v) is 8.18. The zero-order chi connectivity index (χ0) is 14.9. The van der Waals surface area contributed by atoms with Gasteiger partial charge >= 0.3 is 0 Å². The molecule has 0 saturated carbocycles. The lowest BCUT2D eigenvalue weighted by molar-refractivity contribution is -0.122. The lowest BCUT2D eigenvalue weighted by Gasteiger charge is -2.37. The third kappa shape index (κ3) is 3.47. The number of carbonyl (C=O) groups excluding carboxylic acids is 1. The van der Waals surface area contributed by atoms with Crippen LogP contribution >= 0.6 is 12.4 Å². The fraction of sp³-hybridized carbons (Fsp3) is 0.611. The minimum absolute atomic E-state index is 0. The number of fused-ring (bicyclic) bond motifs is 1. The Morgan fingerprint density at radius 1 is 1.32 bits per heavy atom. The number of hydrogen-bond donors (Lipinski definition) is 2. The van der Waals surface area contributed by atoms with Gasteiger partial charge in [0.15, 0.2) is 0 Å². The van der Waals surface area contributed by atoms with Crippen molar-refractivity contribution in [3.63, 3.8) is 0 Å². The smallest absolute Gasteiger partial charge is 0.237 e. The Kier molecular flexibility index (Phi) is 5.51. The molecule has 2 aliphatic rings. The molecule has 0 bridgehead atoms. The minimum Gasteiger partial charge on any atom is -0.354 e. The molecule has 0 radical (unpaired) electrons. The molecular weight excluding hydrogens is 296 g/mol. The molecule has 0 aromatic heterocycles. The zero-order valence-electron chi connectivity index (χ0n) is 13.5. The first kappa shape index (κ1) is 17.3. The summed E-state index contributed by atoms with van der Waals surface area (Å²) >= 11 is 0. The molecule has 2 unspecified atom stereocenters.